The van der Waals surface area contributed by atoms with E-state index in [9.17, 15) is 22.4 Å². The molecule has 8 nitrogen and oxygen atoms in total. The molecule has 0 bridgehead atoms. The molecule has 1 saturated carbocycles. The average molecular weight is 562 g/mol. The minimum absolute atomic E-state index is 0.0389. The number of benzene rings is 2. The van der Waals surface area contributed by atoms with Gasteiger partial charge in [-0.15, -0.1) is 0 Å². The predicted octanol–water partition coefficient (Wildman–Crippen LogP) is 4.64. The van der Waals surface area contributed by atoms with E-state index in [0.717, 1.165) is 31.9 Å². The molecule has 0 aromatic heterocycles. The molecular weight excluding hydrogens is 521 g/mol. The Hall–Kier alpha value is -3.14. The first-order chi connectivity index (χ1) is 18.6. The zero-order chi connectivity index (χ0) is 28.4. The van der Waals surface area contributed by atoms with Gasteiger partial charge in [0.2, 0.25) is 21.8 Å². The number of hydrogen-bond donors (Lipinski definition) is 1. The van der Waals surface area contributed by atoms with Gasteiger partial charge < -0.3 is 15.0 Å². The highest BCUT2D eigenvalue weighted by Crippen LogP contribution is 2.30. The zero-order valence-electron chi connectivity index (χ0n) is 23.1. The molecule has 39 heavy (non-hydrogen) atoms. The maximum absolute atomic E-state index is 13.6. The van der Waals surface area contributed by atoms with Crippen molar-refractivity contribution in [3.63, 3.8) is 0 Å². The lowest BCUT2D eigenvalue weighted by Crippen LogP contribution is -2.51. The number of rotatable bonds is 14. The Kier molecular flexibility index (Phi) is 11.2. The maximum atomic E-state index is 13.6. The van der Waals surface area contributed by atoms with Crippen molar-refractivity contribution >= 4 is 27.5 Å². The van der Waals surface area contributed by atoms with E-state index in [4.69, 9.17) is 4.74 Å². The summed E-state index contributed by atoms with van der Waals surface area (Å²) in [5, 5.41) is 3.10. The van der Waals surface area contributed by atoms with Gasteiger partial charge in [-0.3, -0.25) is 13.9 Å². The van der Waals surface area contributed by atoms with Crippen LogP contribution in [0.2, 0.25) is 0 Å². The number of para-hydroxylation sites is 2. The van der Waals surface area contributed by atoms with Crippen LogP contribution in [-0.4, -0.2) is 56.6 Å². The molecule has 3 rings (SSSR count). The second kappa shape index (κ2) is 14.3. The summed E-state index contributed by atoms with van der Waals surface area (Å²) in [6.07, 6.45) is 5.83. The van der Waals surface area contributed by atoms with E-state index in [1.165, 1.54) is 21.3 Å². The Morgan fingerprint density at radius 2 is 1.74 bits per heavy atom. The second-order valence-electron chi connectivity index (χ2n) is 9.90. The van der Waals surface area contributed by atoms with E-state index in [-0.39, 0.29) is 49.6 Å². The van der Waals surface area contributed by atoms with Gasteiger partial charge in [-0.05, 0) is 62.4 Å². The molecule has 2 aromatic carbocycles. The summed E-state index contributed by atoms with van der Waals surface area (Å²) in [4.78, 5) is 28.4. The molecule has 0 heterocycles. The molecule has 1 aliphatic carbocycles. The molecule has 1 N–H and O–H groups in total. The van der Waals surface area contributed by atoms with E-state index >= 15 is 0 Å². The molecule has 10 heteroatoms. The summed E-state index contributed by atoms with van der Waals surface area (Å²) < 4.78 is 45.7. The first-order valence-electron chi connectivity index (χ1n) is 13.7. The predicted molar refractivity (Wildman–Crippen MR) is 150 cm³/mol. The number of amides is 2. The number of carbonyl (C=O) groups excluding carboxylic acids is 2. The highest BCUT2D eigenvalue weighted by Gasteiger charge is 2.31. The van der Waals surface area contributed by atoms with Gasteiger partial charge >= 0.3 is 0 Å². The minimum atomic E-state index is -3.65. The van der Waals surface area contributed by atoms with Gasteiger partial charge in [-0.1, -0.05) is 44.0 Å². The Balaban J connectivity index is 1.77. The highest BCUT2D eigenvalue weighted by atomic mass is 32.2. The van der Waals surface area contributed by atoms with Crippen LogP contribution >= 0.6 is 0 Å². The van der Waals surface area contributed by atoms with E-state index in [0.29, 0.717) is 30.0 Å². The molecule has 0 saturated heterocycles. The first-order valence-corrected chi connectivity index (χ1v) is 15.5. The zero-order valence-corrected chi connectivity index (χ0v) is 23.9. The fourth-order valence-electron chi connectivity index (χ4n) is 5.00. The molecule has 214 valence electrons. The van der Waals surface area contributed by atoms with Crippen molar-refractivity contribution in [1.29, 1.82) is 0 Å². The third-order valence-electron chi connectivity index (χ3n) is 6.94. The molecule has 1 fully saturated rings. The van der Waals surface area contributed by atoms with E-state index < -0.39 is 16.1 Å². The molecule has 0 unspecified atom stereocenters. The Bertz CT molecular complexity index is 1200. The Labute approximate surface area is 231 Å². The minimum Gasteiger partial charge on any atom is -0.492 e. The number of halogens is 1. The van der Waals surface area contributed by atoms with Crippen LogP contribution in [0.4, 0.5) is 10.1 Å². The van der Waals surface area contributed by atoms with Gasteiger partial charge in [0.25, 0.3) is 0 Å². The van der Waals surface area contributed by atoms with Crippen molar-refractivity contribution in [2.24, 2.45) is 0 Å². The maximum Gasteiger partial charge on any atom is 0.243 e. The van der Waals surface area contributed by atoms with E-state index in [2.05, 4.69) is 5.32 Å². The molecular formula is C29H40FN3O5S. The first kappa shape index (κ1) is 30.4. The number of ether oxygens (including phenoxy) is 1. The summed E-state index contributed by atoms with van der Waals surface area (Å²) in [5.74, 6) is -0.386. The average Bonchev–Trinajstić information content (AvgIpc) is 3.40. The third kappa shape index (κ3) is 8.68. The van der Waals surface area contributed by atoms with Crippen LogP contribution in [0, 0.1) is 5.82 Å². The summed E-state index contributed by atoms with van der Waals surface area (Å²) in [6, 6.07) is 12.2. The van der Waals surface area contributed by atoms with Gasteiger partial charge in [0, 0.05) is 25.6 Å². The molecule has 2 aromatic rings. The largest absolute Gasteiger partial charge is 0.492 e. The standard InChI is InChI=1S/C29H40FN3O5S/c1-4-25(29(35)31-24-11-6-7-12-24)32(21-22-16-18-23(30)19-17-22)28(34)15-10-20-33(39(3,36)37)26-13-8-9-14-27(26)38-5-2/h8-9,13-14,16-19,24-25H,4-7,10-12,15,20-21H2,1-3H3,(H,31,35)/t25-/m0/s1. The van der Waals surface area contributed by atoms with Gasteiger partial charge in [0.05, 0.1) is 18.6 Å². The molecule has 0 radical (unpaired) electrons. The Morgan fingerprint density at radius 3 is 2.36 bits per heavy atom. The van der Waals surface area contributed by atoms with E-state index in [1.807, 2.05) is 13.8 Å². The van der Waals surface area contributed by atoms with Gasteiger partial charge in [0.1, 0.15) is 17.6 Å². The van der Waals surface area contributed by atoms with Crippen molar-refractivity contribution in [1.82, 2.24) is 10.2 Å². The van der Waals surface area contributed by atoms with Crippen LogP contribution in [0.25, 0.3) is 0 Å². The number of hydrogen-bond acceptors (Lipinski definition) is 5. The van der Waals surface area contributed by atoms with Crippen LogP contribution in [0.5, 0.6) is 5.75 Å². The second-order valence-corrected chi connectivity index (χ2v) is 11.8. The molecule has 1 atom stereocenters. The quantitative estimate of drug-likeness (QED) is 0.363. The van der Waals surface area contributed by atoms with Crippen LogP contribution in [-0.2, 0) is 26.2 Å². The van der Waals surface area contributed by atoms with Crippen LogP contribution in [0.1, 0.15) is 64.4 Å². The lowest BCUT2D eigenvalue weighted by Gasteiger charge is -2.32. The van der Waals surface area contributed by atoms with Gasteiger partial charge in [-0.25, -0.2) is 12.8 Å². The number of sulfonamides is 1. The molecule has 0 aliphatic heterocycles. The fraction of sp³-hybridized carbons (Fsp3) is 0.517. The number of nitrogens with one attached hydrogen (secondary N) is 1. The normalized spacial score (nSPS) is 14.6. The van der Waals surface area contributed by atoms with Crippen LogP contribution in [0.3, 0.4) is 0 Å². The molecule has 2 amide bonds. The highest BCUT2D eigenvalue weighted by molar-refractivity contribution is 7.92. The lowest BCUT2D eigenvalue weighted by atomic mass is 10.1. The fourth-order valence-corrected chi connectivity index (χ4v) is 5.97. The molecule has 0 spiro atoms. The summed E-state index contributed by atoms with van der Waals surface area (Å²) in [6.45, 7) is 4.29. The Morgan fingerprint density at radius 1 is 1.08 bits per heavy atom. The lowest BCUT2D eigenvalue weighted by molar-refractivity contribution is -0.141. The van der Waals surface area contributed by atoms with Crippen molar-refractivity contribution < 1.29 is 27.1 Å². The van der Waals surface area contributed by atoms with Gasteiger partial charge in [-0.2, -0.15) is 0 Å². The smallest absolute Gasteiger partial charge is 0.243 e. The SMILES string of the molecule is CCOc1ccccc1N(CCCC(=O)N(Cc1ccc(F)cc1)[C@@H](CC)C(=O)NC1CCCC1)S(C)(=O)=O. The van der Waals surface area contributed by atoms with Crippen molar-refractivity contribution in [2.75, 3.05) is 23.7 Å². The number of carbonyl (C=O) groups is 2. The van der Waals surface area contributed by atoms with Crippen LogP contribution in [0.15, 0.2) is 48.5 Å². The molecule has 1 aliphatic rings. The number of anilines is 1. The van der Waals surface area contributed by atoms with Crippen LogP contribution < -0.4 is 14.4 Å². The summed E-state index contributed by atoms with van der Waals surface area (Å²) >= 11 is 0. The number of nitrogens with zero attached hydrogens (tertiary/aromatic N) is 2. The van der Waals surface area contributed by atoms with Crippen molar-refractivity contribution in [3.05, 3.63) is 59.9 Å². The van der Waals surface area contributed by atoms with E-state index in [1.54, 1.807) is 36.4 Å². The monoisotopic (exact) mass is 561 g/mol. The topological polar surface area (TPSA) is 96.0 Å². The summed E-state index contributed by atoms with van der Waals surface area (Å²) in [5.41, 5.74) is 1.13. The van der Waals surface area contributed by atoms with Crippen molar-refractivity contribution in [3.8, 4) is 5.75 Å². The summed E-state index contributed by atoms with van der Waals surface area (Å²) in [7, 11) is -3.65. The third-order valence-corrected chi connectivity index (χ3v) is 8.12. The van der Waals surface area contributed by atoms with Gasteiger partial charge in [0.15, 0.2) is 0 Å². The van der Waals surface area contributed by atoms with Crippen molar-refractivity contribution in [2.45, 2.75) is 77.4 Å².